The maximum Gasteiger partial charge on any atom is 0.416 e. The van der Waals surface area contributed by atoms with Crippen LogP contribution in [0.5, 0.6) is 0 Å². The van der Waals surface area contributed by atoms with Gasteiger partial charge in [-0.3, -0.25) is 4.79 Å². The highest BCUT2D eigenvalue weighted by Crippen LogP contribution is 2.29. The number of carbonyl (C=O) groups is 1. The minimum atomic E-state index is -4.37. The molecule has 0 fully saturated rings. The van der Waals surface area contributed by atoms with Gasteiger partial charge in [-0.05, 0) is 43.0 Å². The van der Waals surface area contributed by atoms with Crippen LogP contribution in [-0.2, 0) is 6.18 Å². The van der Waals surface area contributed by atoms with E-state index >= 15 is 0 Å². The molecule has 5 heteroatoms. The minimum Gasteiger partial charge on any atom is -0.339 e. The number of carbonyl (C=O) groups excluding carboxylic acids is 1. The summed E-state index contributed by atoms with van der Waals surface area (Å²) in [5.74, 6) is 0.285. The molecule has 124 valence electrons. The molecule has 1 aromatic carbocycles. The standard InChI is InChI=1S/C17H24F3NO/c1-4-5-11-21(12-10-13(2)3)16(22)14-6-8-15(9-7-14)17(18,19)20/h6-9,13H,4-5,10-12H2,1-3H3. The highest BCUT2D eigenvalue weighted by molar-refractivity contribution is 5.94. The Labute approximate surface area is 130 Å². The van der Waals surface area contributed by atoms with Crippen LogP contribution in [-0.4, -0.2) is 23.9 Å². The van der Waals surface area contributed by atoms with Gasteiger partial charge in [0.15, 0.2) is 0 Å². The van der Waals surface area contributed by atoms with Crippen LogP contribution in [0.1, 0.15) is 56.0 Å². The Kier molecular flexibility index (Phi) is 6.91. The molecule has 0 aliphatic heterocycles. The molecular weight excluding hydrogens is 291 g/mol. The maximum absolute atomic E-state index is 12.6. The van der Waals surface area contributed by atoms with Crippen LogP contribution in [0, 0.1) is 5.92 Å². The molecule has 0 atom stereocenters. The van der Waals surface area contributed by atoms with E-state index < -0.39 is 11.7 Å². The van der Waals surface area contributed by atoms with Crippen molar-refractivity contribution in [1.29, 1.82) is 0 Å². The number of benzene rings is 1. The van der Waals surface area contributed by atoms with Crippen molar-refractivity contribution in [2.45, 2.75) is 46.2 Å². The predicted molar refractivity (Wildman–Crippen MR) is 81.7 cm³/mol. The molecule has 0 saturated heterocycles. The van der Waals surface area contributed by atoms with Gasteiger partial charge in [0.25, 0.3) is 5.91 Å². The highest BCUT2D eigenvalue weighted by Gasteiger charge is 2.30. The van der Waals surface area contributed by atoms with Gasteiger partial charge in [-0.2, -0.15) is 13.2 Å². The van der Waals surface area contributed by atoms with E-state index in [1.165, 1.54) is 12.1 Å². The van der Waals surface area contributed by atoms with Crippen molar-refractivity contribution in [1.82, 2.24) is 4.90 Å². The van der Waals surface area contributed by atoms with Crippen molar-refractivity contribution < 1.29 is 18.0 Å². The van der Waals surface area contributed by atoms with Gasteiger partial charge in [0.1, 0.15) is 0 Å². The minimum absolute atomic E-state index is 0.192. The lowest BCUT2D eigenvalue weighted by atomic mass is 10.1. The lowest BCUT2D eigenvalue weighted by molar-refractivity contribution is -0.137. The van der Waals surface area contributed by atoms with Crippen LogP contribution in [0.25, 0.3) is 0 Å². The normalized spacial score (nSPS) is 11.8. The van der Waals surface area contributed by atoms with Crippen molar-refractivity contribution >= 4 is 5.91 Å². The molecule has 0 unspecified atom stereocenters. The van der Waals surface area contributed by atoms with Crippen LogP contribution in [0.3, 0.4) is 0 Å². The van der Waals surface area contributed by atoms with Gasteiger partial charge in [-0.1, -0.05) is 27.2 Å². The maximum atomic E-state index is 12.6. The summed E-state index contributed by atoms with van der Waals surface area (Å²) in [5, 5.41) is 0. The Hall–Kier alpha value is -1.52. The molecule has 2 nitrogen and oxygen atoms in total. The van der Waals surface area contributed by atoms with E-state index in [9.17, 15) is 18.0 Å². The molecule has 1 amide bonds. The molecule has 0 saturated carbocycles. The van der Waals surface area contributed by atoms with E-state index in [1.807, 2.05) is 6.92 Å². The van der Waals surface area contributed by atoms with Crippen LogP contribution in [0.4, 0.5) is 13.2 Å². The first-order chi connectivity index (χ1) is 10.3. The van der Waals surface area contributed by atoms with Gasteiger partial charge in [-0.25, -0.2) is 0 Å². The number of nitrogens with zero attached hydrogens (tertiary/aromatic N) is 1. The van der Waals surface area contributed by atoms with Gasteiger partial charge in [0, 0.05) is 18.7 Å². The average Bonchev–Trinajstić information content (AvgIpc) is 2.46. The van der Waals surface area contributed by atoms with E-state index in [1.54, 1.807) is 4.90 Å². The Morgan fingerprint density at radius 3 is 2.18 bits per heavy atom. The van der Waals surface area contributed by atoms with E-state index in [4.69, 9.17) is 0 Å². The van der Waals surface area contributed by atoms with Crippen molar-refractivity contribution in [2.75, 3.05) is 13.1 Å². The van der Waals surface area contributed by atoms with Crippen molar-refractivity contribution in [2.24, 2.45) is 5.92 Å². The number of amides is 1. The third-order valence-corrected chi connectivity index (χ3v) is 3.50. The number of unbranched alkanes of at least 4 members (excludes halogenated alkanes) is 1. The zero-order valence-electron chi connectivity index (χ0n) is 13.4. The molecular formula is C17H24F3NO. The Morgan fingerprint density at radius 1 is 1.14 bits per heavy atom. The SMILES string of the molecule is CCCCN(CCC(C)C)C(=O)c1ccc(C(F)(F)F)cc1. The van der Waals surface area contributed by atoms with Crippen molar-refractivity contribution in [3.05, 3.63) is 35.4 Å². The van der Waals surface area contributed by atoms with Crippen LogP contribution in [0.15, 0.2) is 24.3 Å². The number of alkyl halides is 3. The van der Waals surface area contributed by atoms with Gasteiger partial charge < -0.3 is 4.90 Å². The highest BCUT2D eigenvalue weighted by atomic mass is 19.4. The van der Waals surface area contributed by atoms with E-state index in [0.717, 1.165) is 31.4 Å². The molecule has 1 rings (SSSR count). The lowest BCUT2D eigenvalue weighted by Crippen LogP contribution is -2.33. The summed E-state index contributed by atoms with van der Waals surface area (Å²) in [4.78, 5) is 14.2. The van der Waals surface area contributed by atoms with Gasteiger partial charge in [0.2, 0.25) is 0 Å². The van der Waals surface area contributed by atoms with E-state index in [0.29, 0.717) is 24.6 Å². The lowest BCUT2D eigenvalue weighted by Gasteiger charge is -2.23. The zero-order valence-corrected chi connectivity index (χ0v) is 13.4. The predicted octanol–water partition coefficient (Wildman–Crippen LogP) is 4.99. The summed E-state index contributed by atoms with van der Waals surface area (Å²) >= 11 is 0. The van der Waals surface area contributed by atoms with Crippen LogP contribution >= 0.6 is 0 Å². The number of halogens is 3. The molecule has 0 spiro atoms. The summed E-state index contributed by atoms with van der Waals surface area (Å²) in [6.45, 7) is 7.49. The summed E-state index contributed by atoms with van der Waals surface area (Å²) in [6, 6.07) is 4.46. The van der Waals surface area contributed by atoms with Gasteiger partial charge in [0.05, 0.1) is 5.56 Å². The molecule has 0 aliphatic carbocycles. The van der Waals surface area contributed by atoms with Crippen molar-refractivity contribution in [3.63, 3.8) is 0 Å². The third kappa shape index (κ3) is 5.70. The summed E-state index contributed by atoms with van der Waals surface area (Å²) in [5.41, 5.74) is -0.417. The van der Waals surface area contributed by atoms with Gasteiger partial charge in [-0.15, -0.1) is 0 Å². The Bertz CT molecular complexity index is 466. The monoisotopic (exact) mass is 315 g/mol. The first-order valence-corrected chi connectivity index (χ1v) is 7.72. The smallest absolute Gasteiger partial charge is 0.339 e. The summed E-state index contributed by atoms with van der Waals surface area (Å²) in [6.07, 6.45) is -1.62. The van der Waals surface area contributed by atoms with Gasteiger partial charge >= 0.3 is 6.18 Å². The third-order valence-electron chi connectivity index (χ3n) is 3.50. The molecule has 22 heavy (non-hydrogen) atoms. The Balaban J connectivity index is 2.83. The van der Waals surface area contributed by atoms with Crippen molar-refractivity contribution in [3.8, 4) is 0 Å². The molecule has 0 radical (unpaired) electrons. The second kappa shape index (κ2) is 8.20. The molecule has 0 heterocycles. The summed E-state index contributed by atoms with van der Waals surface area (Å²) in [7, 11) is 0. The zero-order chi connectivity index (χ0) is 16.8. The fourth-order valence-electron chi connectivity index (χ4n) is 2.06. The molecule has 0 bridgehead atoms. The molecule has 1 aromatic rings. The molecule has 0 N–H and O–H groups in total. The van der Waals surface area contributed by atoms with E-state index in [2.05, 4.69) is 13.8 Å². The fourth-order valence-corrected chi connectivity index (χ4v) is 2.06. The first-order valence-electron chi connectivity index (χ1n) is 7.72. The number of rotatable bonds is 7. The second-order valence-corrected chi connectivity index (χ2v) is 5.90. The second-order valence-electron chi connectivity index (χ2n) is 5.90. The number of hydrogen-bond donors (Lipinski definition) is 0. The topological polar surface area (TPSA) is 20.3 Å². The first kappa shape index (κ1) is 18.5. The largest absolute Gasteiger partial charge is 0.416 e. The van der Waals surface area contributed by atoms with E-state index in [-0.39, 0.29) is 5.91 Å². The fraction of sp³-hybridized carbons (Fsp3) is 0.588. The van der Waals surface area contributed by atoms with Crippen LogP contribution < -0.4 is 0 Å². The average molecular weight is 315 g/mol. The quantitative estimate of drug-likeness (QED) is 0.694. The molecule has 0 aliphatic rings. The summed E-state index contributed by atoms with van der Waals surface area (Å²) < 4.78 is 37.7. The Morgan fingerprint density at radius 2 is 1.73 bits per heavy atom. The van der Waals surface area contributed by atoms with Crippen LogP contribution in [0.2, 0.25) is 0 Å². The number of hydrogen-bond acceptors (Lipinski definition) is 1. The molecule has 0 aromatic heterocycles.